The molecule has 0 heterocycles. The maximum atomic E-state index is 9.73. The van der Waals surface area contributed by atoms with Crippen LogP contribution in [-0.4, -0.2) is 29.4 Å². The minimum absolute atomic E-state index is 0.157. The molecule has 1 aliphatic rings. The zero-order valence-corrected chi connectivity index (χ0v) is 9.63. The van der Waals surface area contributed by atoms with Gasteiger partial charge in [-0.2, -0.15) is 0 Å². The van der Waals surface area contributed by atoms with Crippen LogP contribution in [0.2, 0.25) is 0 Å². The number of nitrogens with zero attached hydrogens (tertiary/aromatic N) is 1. The highest BCUT2D eigenvalue weighted by atomic mass is 16.3. The number of aliphatic hydroxyl groups excluding tert-OH is 2. The Hall–Kier alpha value is -1.06. The van der Waals surface area contributed by atoms with Gasteiger partial charge in [0.25, 0.3) is 0 Å². The first kappa shape index (κ1) is 11.4. The van der Waals surface area contributed by atoms with Crippen molar-refractivity contribution in [3.8, 4) is 0 Å². The number of para-hydroxylation sites is 1. The molecule has 0 spiro atoms. The zero-order chi connectivity index (χ0) is 11.5. The lowest BCUT2D eigenvalue weighted by atomic mass is 10.1. The first-order valence-electron chi connectivity index (χ1n) is 5.88. The minimum atomic E-state index is -0.462. The Morgan fingerprint density at radius 3 is 2.62 bits per heavy atom. The summed E-state index contributed by atoms with van der Waals surface area (Å²) in [7, 11) is 0. The van der Waals surface area contributed by atoms with Crippen LogP contribution in [0.1, 0.15) is 31.4 Å². The van der Waals surface area contributed by atoms with Crippen molar-refractivity contribution in [3.05, 3.63) is 29.8 Å². The van der Waals surface area contributed by atoms with Gasteiger partial charge in [-0.3, -0.25) is 0 Å². The summed E-state index contributed by atoms with van der Waals surface area (Å²) >= 11 is 0. The molecule has 0 radical (unpaired) electrons. The quantitative estimate of drug-likeness (QED) is 0.795. The average Bonchev–Trinajstić information content (AvgIpc) is 3.10. The maximum Gasteiger partial charge on any atom is 0.0781 e. The van der Waals surface area contributed by atoms with E-state index in [1.807, 2.05) is 24.3 Å². The highest BCUT2D eigenvalue weighted by Gasteiger charge is 2.30. The van der Waals surface area contributed by atoms with E-state index in [9.17, 15) is 5.11 Å². The Morgan fingerprint density at radius 2 is 2.06 bits per heavy atom. The molecule has 0 aliphatic heterocycles. The monoisotopic (exact) mass is 221 g/mol. The molecule has 0 bridgehead atoms. The van der Waals surface area contributed by atoms with Crippen LogP contribution in [0, 0.1) is 0 Å². The molecule has 1 aliphatic carbocycles. The van der Waals surface area contributed by atoms with Crippen LogP contribution in [-0.2, 0) is 0 Å². The van der Waals surface area contributed by atoms with E-state index in [1.54, 1.807) is 6.92 Å². The van der Waals surface area contributed by atoms with Crippen LogP contribution in [0.3, 0.4) is 0 Å². The van der Waals surface area contributed by atoms with Gasteiger partial charge in [0.1, 0.15) is 0 Å². The Morgan fingerprint density at radius 1 is 1.38 bits per heavy atom. The molecule has 0 aromatic heterocycles. The number of hydrogen-bond acceptors (Lipinski definition) is 3. The summed E-state index contributed by atoms with van der Waals surface area (Å²) in [5.41, 5.74) is 2.01. The molecule has 2 rings (SSSR count). The van der Waals surface area contributed by atoms with Crippen molar-refractivity contribution in [3.63, 3.8) is 0 Å². The molecule has 0 unspecified atom stereocenters. The summed E-state index contributed by atoms with van der Waals surface area (Å²) in [5.74, 6) is 0. The zero-order valence-electron chi connectivity index (χ0n) is 9.63. The lowest BCUT2D eigenvalue weighted by molar-refractivity contribution is 0.199. The number of anilines is 1. The minimum Gasteiger partial charge on any atom is -0.395 e. The second-order valence-corrected chi connectivity index (χ2v) is 4.38. The molecule has 3 heteroatoms. The summed E-state index contributed by atoms with van der Waals surface area (Å²) in [6, 6.07) is 8.44. The van der Waals surface area contributed by atoms with Crippen molar-refractivity contribution in [2.45, 2.75) is 31.9 Å². The Bertz CT molecular complexity index is 348. The van der Waals surface area contributed by atoms with Crippen LogP contribution in [0.4, 0.5) is 5.69 Å². The molecule has 1 aromatic carbocycles. The van der Waals surface area contributed by atoms with E-state index in [2.05, 4.69) is 4.90 Å². The maximum absolute atomic E-state index is 9.73. The predicted molar refractivity (Wildman–Crippen MR) is 64.5 cm³/mol. The molecule has 1 aromatic rings. The molecule has 1 atom stereocenters. The van der Waals surface area contributed by atoms with Crippen LogP contribution in [0.25, 0.3) is 0 Å². The highest BCUT2D eigenvalue weighted by Crippen LogP contribution is 2.35. The van der Waals surface area contributed by atoms with Gasteiger partial charge in [0.05, 0.1) is 12.7 Å². The van der Waals surface area contributed by atoms with Gasteiger partial charge in [-0.1, -0.05) is 18.2 Å². The fourth-order valence-electron chi connectivity index (χ4n) is 2.10. The van der Waals surface area contributed by atoms with Gasteiger partial charge >= 0.3 is 0 Å². The van der Waals surface area contributed by atoms with E-state index in [-0.39, 0.29) is 6.61 Å². The van der Waals surface area contributed by atoms with E-state index in [0.717, 1.165) is 11.3 Å². The third-order valence-electron chi connectivity index (χ3n) is 3.02. The van der Waals surface area contributed by atoms with Crippen LogP contribution in [0.5, 0.6) is 0 Å². The van der Waals surface area contributed by atoms with Gasteiger partial charge in [-0.05, 0) is 25.8 Å². The van der Waals surface area contributed by atoms with Crippen molar-refractivity contribution < 1.29 is 10.2 Å². The standard InChI is InChI=1S/C13H19NO2/c1-10(16)12-4-2-3-5-13(12)14(8-9-15)11-6-7-11/h2-5,10-11,15-16H,6-9H2,1H3/t10-/m1/s1. The number of hydrogen-bond donors (Lipinski definition) is 2. The molecule has 1 fully saturated rings. The Kier molecular flexibility index (Phi) is 3.46. The normalized spacial score (nSPS) is 17.2. The molecule has 0 amide bonds. The number of aliphatic hydroxyl groups is 2. The number of benzene rings is 1. The summed E-state index contributed by atoms with van der Waals surface area (Å²) in [6.45, 7) is 2.59. The highest BCUT2D eigenvalue weighted by molar-refractivity contribution is 5.56. The SMILES string of the molecule is C[C@@H](O)c1ccccc1N(CCO)C1CC1. The summed E-state index contributed by atoms with van der Waals surface area (Å²) in [6.07, 6.45) is 1.92. The molecule has 16 heavy (non-hydrogen) atoms. The Labute approximate surface area is 96.3 Å². The van der Waals surface area contributed by atoms with Gasteiger partial charge in [0.2, 0.25) is 0 Å². The van der Waals surface area contributed by atoms with Crippen molar-refractivity contribution in [1.82, 2.24) is 0 Å². The summed E-state index contributed by atoms with van der Waals surface area (Å²) in [4.78, 5) is 2.21. The molecular weight excluding hydrogens is 202 g/mol. The van der Waals surface area contributed by atoms with E-state index >= 15 is 0 Å². The number of rotatable bonds is 5. The average molecular weight is 221 g/mol. The van der Waals surface area contributed by atoms with Gasteiger partial charge in [-0.15, -0.1) is 0 Å². The smallest absolute Gasteiger partial charge is 0.0781 e. The lowest BCUT2D eigenvalue weighted by Gasteiger charge is -2.27. The van der Waals surface area contributed by atoms with Crippen molar-refractivity contribution >= 4 is 5.69 Å². The van der Waals surface area contributed by atoms with Crippen LogP contribution < -0.4 is 4.90 Å². The predicted octanol–water partition coefficient (Wildman–Crippen LogP) is 1.70. The largest absolute Gasteiger partial charge is 0.395 e. The molecule has 88 valence electrons. The van der Waals surface area contributed by atoms with Gasteiger partial charge in [0.15, 0.2) is 0 Å². The molecule has 1 saturated carbocycles. The van der Waals surface area contributed by atoms with E-state index in [4.69, 9.17) is 5.11 Å². The lowest BCUT2D eigenvalue weighted by Crippen LogP contribution is -2.30. The molecule has 2 N–H and O–H groups in total. The fourth-order valence-corrected chi connectivity index (χ4v) is 2.10. The van der Waals surface area contributed by atoms with Crippen LogP contribution >= 0.6 is 0 Å². The summed E-state index contributed by atoms with van der Waals surface area (Å²) in [5, 5.41) is 18.8. The van der Waals surface area contributed by atoms with Crippen molar-refractivity contribution in [2.75, 3.05) is 18.1 Å². The van der Waals surface area contributed by atoms with Crippen LogP contribution in [0.15, 0.2) is 24.3 Å². The molecule has 3 nitrogen and oxygen atoms in total. The molecule has 0 saturated heterocycles. The topological polar surface area (TPSA) is 43.7 Å². The van der Waals surface area contributed by atoms with E-state index in [1.165, 1.54) is 12.8 Å². The first-order valence-corrected chi connectivity index (χ1v) is 5.88. The van der Waals surface area contributed by atoms with E-state index < -0.39 is 6.10 Å². The fraction of sp³-hybridized carbons (Fsp3) is 0.538. The van der Waals surface area contributed by atoms with Crippen molar-refractivity contribution in [1.29, 1.82) is 0 Å². The van der Waals surface area contributed by atoms with Gasteiger partial charge in [0, 0.05) is 23.8 Å². The first-order chi connectivity index (χ1) is 7.74. The van der Waals surface area contributed by atoms with E-state index in [0.29, 0.717) is 12.6 Å². The second kappa shape index (κ2) is 4.85. The molecular formula is C13H19NO2. The third kappa shape index (κ3) is 2.36. The van der Waals surface area contributed by atoms with Gasteiger partial charge in [-0.25, -0.2) is 0 Å². The van der Waals surface area contributed by atoms with Gasteiger partial charge < -0.3 is 15.1 Å². The second-order valence-electron chi connectivity index (χ2n) is 4.38. The summed E-state index contributed by atoms with van der Waals surface area (Å²) < 4.78 is 0. The third-order valence-corrected chi connectivity index (χ3v) is 3.02. The Balaban J connectivity index is 2.28. The van der Waals surface area contributed by atoms with Crippen molar-refractivity contribution in [2.24, 2.45) is 0 Å².